The van der Waals surface area contributed by atoms with Gasteiger partial charge in [0.2, 0.25) is 0 Å². The summed E-state index contributed by atoms with van der Waals surface area (Å²) in [6, 6.07) is 10.1. The highest BCUT2D eigenvalue weighted by Crippen LogP contribution is 2.32. The lowest BCUT2D eigenvalue weighted by atomic mass is 10.2. The van der Waals surface area contributed by atoms with E-state index in [0.29, 0.717) is 6.61 Å². The van der Waals surface area contributed by atoms with E-state index in [1.807, 2.05) is 43.4 Å². The van der Waals surface area contributed by atoms with Gasteiger partial charge >= 0.3 is 0 Å². The molecule has 1 aromatic carbocycles. The van der Waals surface area contributed by atoms with Crippen molar-refractivity contribution < 1.29 is 14.2 Å². The number of pyridine rings is 1. The lowest BCUT2D eigenvalue weighted by molar-refractivity contribution is -0.193. The Morgan fingerprint density at radius 1 is 1.23 bits per heavy atom. The van der Waals surface area contributed by atoms with E-state index < -0.39 is 0 Å². The second-order valence-corrected chi connectivity index (χ2v) is 8.75. The molecule has 0 radical (unpaired) electrons. The summed E-state index contributed by atoms with van der Waals surface area (Å²) in [4.78, 5) is 11.2. The molecular weight excluding hydrogens is 398 g/mol. The van der Waals surface area contributed by atoms with Crippen LogP contribution in [0.4, 0.5) is 5.82 Å². The van der Waals surface area contributed by atoms with Crippen LogP contribution in [-0.4, -0.2) is 49.7 Å². The largest absolute Gasteiger partial charge is 0.491 e. The Morgan fingerprint density at radius 3 is 2.83 bits per heavy atom. The van der Waals surface area contributed by atoms with E-state index in [4.69, 9.17) is 19.2 Å². The van der Waals surface area contributed by atoms with Crippen molar-refractivity contribution in [3.8, 4) is 16.3 Å². The van der Waals surface area contributed by atoms with Crippen molar-refractivity contribution >= 4 is 27.4 Å². The molecule has 4 rings (SSSR count). The highest BCUT2D eigenvalue weighted by atomic mass is 32.1. The van der Waals surface area contributed by atoms with Crippen LogP contribution in [0.3, 0.4) is 0 Å². The predicted molar refractivity (Wildman–Crippen MR) is 121 cm³/mol. The van der Waals surface area contributed by atoms with Gasteiger partial charge in [0.15, 0.2) is 6.29 Å². The standard InChI is InChI=1S/C23H29N3O3S/c1-4-17(29-22-7-5-6-12-27-22)15-28-18-9-10-19-20(13-18)30-23(25-19)16-8-11-21(24-14-16)26(2)3/h8-11,13-14,17,22H,4-7,12,15H2,1-3H3/t17-,22?/m1/s1. The molecule has 1 fully saturated rings. The lowest BCUT2D eigenvalue weighted by Crippen LogP contribution is -2.31. The molecule has 2 atom stereocenters. The summed E-state index contributed by atoms with van der Waals surface area (Å²) in [5.41, 5.74) is 1.99. The summed E-state index contributed by atoms with van der Waals surface area (Å²) < 4.78 is 18.9. The molecule has 7 heteroatoms. The zero-order valence-electron chi connectivity index (χ0n) is 17.8. The molecule has 1 unspecified atom stereocenters. The Hall–Kier alpha value is -2.22. The molecule has 0 N–H and O–H groups in total. The van der Waals surface area contributed by atoms with E-state index >= 15 is 0 Å². The molecule has 3 heterocycles. The van der Waals surface area contributed by atoms with Crippen LogP contribution < -0.4 is 9.64 Å². The maximum atomic E-state index is 6.07. The third kappa shape index (κ3) is 5.09. The van der Waals surface area contributed by atoms with Gasteiger partial charge in [-0.25, -0.2) is 9.97 Å². The Balaban J connectivity index is 1.41. The number of anilines is 1. The monoisotopic (exact) mass is 427 g/mol. The smallest absolute Gasteiger partial charge is 0.158 e. The van der Waals surface area contributed by atoms with E-state index in [2.05, 4.69) is 24.0 Å². The molecule has 0 amide bonds. The molecule has 1 aliphatic rings. The SMILES string of the molecule is CC[C@H](COc1ccc2nc(-c3ccc(N(C)C)nc3)sc2c1)OC1CCCCO1. The number of rotatable bonds is 8. The van der Waals surface area contributed by atoms with Gasteiger partial charge in [-0.05, 0) is 56.0 Å². The van der Waals surface area contributed by atoms with Crippen molar-refractivity contribution in [2.75, 3.05) is 32.2 Å². The fraction of sp³-hybridized carbons (Fsp3) is 0.478. The Kier molecular flexibility index (Phi) is 6.82. The summed E-state index contributed by atoms with van der Waals surface area (Å²) in [5.74, 6) is 1.77. The third-order valence-electron chi connectivity index (χ3n) is 5.19. The Labute approximate surface area is 181 Å². The van der Waals surface area contributed by atoms with Crippen molar-refractivity contribution in [1.29, 1.82) is 0 Å². The number of fused-ring (bicyclic) bond motifs is 1. The predicted octanol–water partition coefficient (Wildman–Crippen LogP) is 5.12. The average Bonchev–Trinajstić information content (AvgIpc) is 3.21. The van der Waals surface area contributed by atoms with Crippen LogP contribution >= 0.6 is 11.3 Å². The molecule has 160 valence electrons. The molecular formula is C23H29N3O3S. The topological polar surface area (TPSA) is 56.7 Å². The van der Waals surface area contributed by atoms with E-state index in [9.17, 15) is 0 Å². The number of hydrogen-bond donors (Lipinski definition) is 0. The van der Waals surface area contributed by atoms with Crippen molar-refractivity contribution in [2.24, 2.45) is 0 Å². The van der Waals surface area contributed by atoms with Gasteiger partial charge < -0.3 is 19.1 Å². The summed E-state index contributed by atoms with van der Waals surface area (Å²) in [6.07, 6.45) is 5.97. The van der Waals surface area contributed by atoms with Gasteiger partial charge in [0.25, 0.3) is 0 Å². The van der Waals surface area contributed by atoms with Crippen LogP contribution in [-0.2, 0) is 9.47 Å². The van der Waals surface area contributed by atoms with Gasteiger partial charge in [-0.2, -0.15) is 0 Å². The lowest BCUT2D eigenvalue weighted by Gasteiger charge is -2.27. The summed E-state index contributed by atoms with van der Waals surface area (Å²) in [6.45, 7) is 3.42. The van der Waals surface area contributed by atoms with Crippen molar-refractivity contribution in [3.05, 3.63) is 36.5 Å². The van der Waals surface area contributed by atoms with Crippen LogP contribution in [0.2, 0.25) is 0 Å². The van der Waals surface area contributed by atoms with Crippen LogP contribution in [0, 0.1) is 0 Å². The number of thiazole rings is 1. The van der Waals surface area contributed by atoms with Crippen molar-refractivity contribution in [3.63, 3.8) is 0 Å². The summed E-state index contributed by atoms with van der Waals surface area (Å²) >= 11 is 1.65. The van der Waals surface area contributed by atoms with Crippen molar-refractivity contribution in [1.82, 2.24) is 9.97 Å². The van der Waals surface area contributed by atoms with Gasteiger partial charge in [-0.3, -0.25) is 0 Å². The molecule has 2 aromatic heterocycles. The number of hydrogen-bond acceptors (Lipinski definition) is 7. The van der Waals surface area contributed by atoms with Gasteiger partial charge in [0.05, 0.1) is 16.3 Å². The van der Waals surface area contributed by atoms with Crippen LogP contribution in [0.25, 0.3) is 20.8 Å². The maximum Gasteiger partial charge on any atom is 0.158 e. The second kappa shape index (κ2) is 9.73. The Morgan fingerprint density at radius 2 is 2.13 bits per heavy atom. The molecule has 0 spiro atoms. The molecule has 1 saturated heterocycles. The third-order valence-corrected chi connectivity index (χ3v) is 6.25. The molecule has 3 aromatic rings. The van der Waals surface area contributed by atoms with Crippen LogP contribution in [0.5, 0.6) is 5.75 Å². The first-order valence-corrected chi connectivity index (χ1v) is 11.4. The van der Waals surface area contributed by atoms with Gasteiger partial charge in [0.1, 0.15) is 23.2 Å². The molecule has 6 nitrogen and oxygen atoms in total. The first-order chi connectivity index (χ1) is 14.6. The van der Waals surface area contributed by atoms with Crippen molar-refractivity contribution in [2.45, 2.75) is 45.0 Å². The maximum absolute atomic E-state index is 6.07. The fourth-order valence-electron chi connectivity index (χ4n) is 3.37. The second-order valence-electron chi connectivity index (χ2n) is 7.72. The zero-order valence-corrected chi connectivity index (χ0v) is 18.7. The molecule has 30 heavy (non-hydrogen) atoms. The fourth-order valence-corrected chi connectivity index (χ4v) is 4.36. The number of ether oxygens (including phenoxy) is 3. The number of nitrogens with zero attached hydrogens (tertiary/aromatic N) is 3. The number of aromatic nitrogens is 2. The minimum absolute atomic E-state index is 0.0297. The highest BCUT2D eigenvalue weighted by Gasteiger charge is 2.19. The molecule has 0 bridgehead atoms. The Bertz CT molecular complexity index is 952. The van der Waals surface area contributed by atoms with Gasteiger partial charge in [-0.1, -0.05) is 6.92 Å². The first-order valence-electron chi connectivity index (χ1n) is 10.6. The van der Waals surface area contributed by atoms with E-state index in [0.717, 1.165) is 58.2 Å². The number of benzene rings is 1. The highest BCUT2D eigenvalue weighted by molar-refractivity contribution is 7.21. The minimum Gasteiger partial charge on any atom is -0.491 e. The van der Waals surface area contributed by atoms with Gasteiger partial charge in [-0.15, -0.1) is 11.3 Å². The van der Waals surface area contributed by atoms with Crippen LogP contribution in [0.15, 0.2) is 36.5 Å². The van der Waals surface area contributed by atoms with E-state index in [-0.39, 0.29) is 12.4 Å². The normalized spacial score (nSPS) is 17.8. The van der Waals surface area contributed by atoms with E-state index in [1.165, 1.54) is 6.42 Å². The van der Waals surface area contributed by atoms with Gasteiger partial charge in [0, 0.05) is 32.5 Å². The summed E-state index contributed by atoms with van der Waals surface area (Å²) in [7, 11) is 3.97. The zero-order chi connectivity index (χ0) is 20.9. The molecule has 0 aliphatic carbocycles. The van der Waals surface area contributed by atoms with E-state index in [1.54, 1.807) is 11.3 Å². The summed E-state index contributed by atoms with van der Waals surface area (Å²) in [5, 5.41) is 0.962. The van der Waals surface area contributed by atoms with Crippen LogP contribution in [0.1, 0.15) is 32.6 Å². The quantitative estimate of drug-likeness (QED) is 0.497. The first kappa shape index (κ1) is 21.0. The minimum atomic E-state index is -0.0914. The molecule has 0 saturated carbocycles. The molecule has 1 aliphatic heterocycles. The average molecular weight is 428 g/mol.